The fourth-order valence-electron chi connectivity index (χ4n) is 4.51. The van der Waals surface area contributed by atoms with Crippen molar-refractivity contribution in [1.29, 1.82) is 0 Å². The molecule has 2 heterocycles. The Hall–Kier alpha value is -3.26. The van der Waals surface area contributed by atoms with Gasteiger partial charge in [-0.3, -0.25) is 19.4 Å². The van der Waals surface area contributed by atoms with E-state index in [0.29, 0.717) is 30.8 Å². The number of likely N-dealkylation sites (tertiary alicyclic amines) is 1. The molecule has 2 fully saturated rings. The van der Waals surface area contributed by atoms with E-state index in [1.807, 2.05) is 18.2 Å². The molecule has 8 nitrogen and oxygen atoms in total. The highest BCUT2D eigenvalue weighted by Crippen LogP contribution is 2.28. The highest BCUT2D eigenvalue weighted by Gasteiger charge is 2.28. The van der Waals surface area contributed by atoms with Gasteiger partial charge in [0.2, 0.25) is 5.91 Å². The molecule has 36 heavy (non-hydrogen) atoms. The summed E-state index contributed by atoms with van der Waals surface area (Å²) in [4.78, 5) is 43.9. The molecule has 0 atom stereocenters. The van der Waals surface area contributed by atoms with Crippen LogP contribution in [0.1, 0.15) is 65.7 Å². The average molecular weight is 492 g/mol. The van der Waals surface area contributed by atoms with Crippen molar-refractivity contribution in [2.75, 3.05) is 39.3 Å². The smallest absolute Gasteiger partial charge is 0.252 e. The van der Waals surface area contributed by atoms with Crippen LogP contribution in [0, 0.1) is 5.92 Å². The lowest BCUT2D eigenvalue weighted by Gasteiger charge is -2.14. The first kappa shape index (κ1) is 25.8. The molecule has 1 aliphatic carbocycles. The molecular weight excluding hydrogens is 454 g/mol. The van der Waals surface area contributed by atoms with E-state index < -0.39 is 0 Å². The summed E-state index contributed by atoms with van der Waals surface area (Å²) in [6, 6.07) is 9.15. The number of hydrogen-bond donors (Lipinski definition) is 3. The van der Waals surface area contributed by atoms with Crippen LogP contribution in [-0.2, 0) is 4.79 Å². The van der Waals surface area contributed by atoms with Crippen LogP contribution in [-0.4, -0.2) is 66.9 Å². The van der Waals surface area contributed by atoms with Crippen LogP contribution >= 0.6 is 0 Å². The summed E-state index contributed by atoms with van der Waals surface area (Å²) in [5, 5.41) is 8.91. The van der Waals surface area contributed by atoms with Crippen LogP contribution in [0.25, 0.3) is 11.1 Å². The normalized spacial score (nSPS) is 15.4. The van der Waals surface area contributed by atoms with Crippen LogP contribution in [0.2, 0.25) is 0 Å². The Morgan fingerprint density at radius 1 is 0.861 bits per heavy atom. The topological polar surface area (TPSA) is 103 Å². The standard InChI is InChI=1S/C28H37N5O3/c34-26(21-10-11-21)30-12-3-4-13-32-28(36)25-9-2-1-8-24(25)22-18-23(20-29-19-22)27(35)31-14-7-17-33-15-5-6-16-33/h1-2,8-9,18-21H,3-7,10-17H2,(H,30,34)(H,31,35)(H,32,36). The van der Waals surface area contributed by atoms with E-state index in [9.17, 15) is 14.4 Å². The number of pyridine rings is 1. The van der Waals surface area contributed by atoms with Crippen molar-refractivity contribution in [2.45, 2.75) is 44.9 Å². The van der Waals surface area contributed by atoms with Crippen molar-refractivity contribution in [3.8, 4) is 11.1 Å². The maximum absolute atomic E-state index is 12.9. The Bertz CT molecular complexity index is 1050. The van der Waals surface area contributed by atoms with E-state index in [1.54, 1.807) is 24.5 Å². The van der Waals surface area contributed by atoms with Crippen molar-refractivity contribution >= 4 is 17.7 Å². The molecule has 2 aromatic rings. The Labute approximate surface area is 213 Å². The molecule has 0 spiro atoms. The zero-order chi connectivity index (χ0) is 25.2. The summed E-state index contributed by atoms with van der Waals surface area (Å²) in [5.74, 6) is 0.0606. The van der Waals surface area contributed by atoms with E-state index in [4.69, 9.17) is 0 Å². The van der Waals surface area contributed by atoms with Crippen LogP contribution in [0.3, 0.4) is 0 Å². The number of nitrogens with zero attached hydrogens (tertiary/aromatic N) is 2. The van der Waals surface area contributed by atoms with Gasteiger partial charge in [-0.15, -0.1) is 0 Å². The average Bonchev–Trinajstić information content (AvgIpc) is 3.64. The molecule has 2 aliphatic rings. The molecule has 3 N–H and O–H groups in total. The highest BCUT2D eigenvalue weighted by atomic mass is 16.2. The first-order valence-electron chi connectivity index (χ1n) is 13.2. The van der Waals surface area contributed by atoms with Crippen molar-refractivity contribution in [2.24, 2.45) is 5.92 Å². The number of hydrogen-bond acceptors (Lipinski definition) is 5. The van der Waals surface area contributed by atoms with Crippen molar-refractivity contribution in [3.05, 3.63) is 53.9 Å². The summed E-state index contributed by atoms with van der Waals surface area (Å²) in [6.45, 7) is 5.13. The fraction of sp³-hybridized carbons (Fsp3) is 0.500. The molecule has 0 bridgehead atoms. The number of aromatic nitrogens is 1. The lowest BCUT2D eigenvalue weighted by atomic mass is 9.99. The predicted molar refractivity (Wildman–Crippen MR) is 140 cm³/mol. The quantitative estimate of drug-likeness (QED) is 0.374. The third-order valence-corrected chi connectivity index (χ3v) is 6.75. The zero-order valence-corrected chi connectivity index (χ0v) is 20.9. The second-order valence-electron chi connectivity index (χ2n) is 9.69. The summed E-state index contributed by atoms with van der Waals surface area (Å²) in [7, 11) is 0. The van der Waals surface area contributed by atoms with Crippen LogP contribution in [0.4, 0.5) is 0 Å². The molecule has 3 amide bonds. The van der Waals surface area contributed by atoms with Crippen molar-refractivity contribution < 1.29 is 14.4 Å². The number of rotatable bonds is 13. The first-order chi connectivity index (χ1) is 17.6. The van der Waals surface area contributed by atoms with Gasteiger partial charge in [0.25, 0.3) is 11.8 Å². The molecular formula is C28H37N5O3. The van der Waals surface area contributed by atoms with Gasteiger partial charge < -0.3 is 20.9 Å². The fourth-order valence-corrected chi connectivity index (χ4v) is 4.51. The van der Waals surface area contributed by atoms with Gasteiger partial charge >= 0.3 is 0 Å². The SMILES string of the molecule is O=C(NCCCN1CCCC1)c1cncc(-c2ccccc2C(=O)NCCCCNC(=O)C2CC2)c1. The monoisotopic (exact) mass is 491 g/mol. The Balaban J connectivity index is 1.26. The third-order valence-electron chi connectivity index (χ3n) is 6.75. The Morgan fingerprint density at radius 2 is 1.56 bits per heavy atom. The second-order valence-corrected chi connectivity index (χ2v) is 9.69. The number of benzene rings is 1. The van der Waals surface area contributed by atoms with Gasteiger partial charge in [0.05, 0.1) is 5.56 Å². The van der Waals surface area contributed by atoms with Gasteiger partial charge in [0, 0.05) is 49.1 Å². The molecule has 192 valence electrons. The highest BCUT2D eigenvalue weighted by molar-refractivity contribution is 6.01. The molecule has 1 aromatic heterocycles. The van der Waals surface area contributed by atoms with Crippen LogP contribution < -0.4 is 16.0 Å². The van der Waals surface area contributed by atoms with E-state index in [-0.39, 0.29) is 23.6 Å². The molecule has 0 radical (unpaired) electrons. The van der Waals surface area contributed by atoms with Crippen molar-refractivity contribution in [3.63, 3.8) is 0 Å². The second kappa shape index (κ2) is 13.2. The predicted octanol–water partition coefficient (Wildman–Crippen LogP) is 3.00. The Kier molecular flexibility index (Phi) is 9.44. The molecule has 0 unspecified atom stereocenters. The maximum atomic E-state index is 12.9. The van der Waals surface area contributed by atoms with Gasteiger partial charge in [0.1, 0.15) is 0 Å². The summed E-state index contributed by atoms with van der Waals surface area (Å²) in [5.41, 5.74) is 2.50. The minimum atomic E-state index is -0.163. The molecule has 1 saturated heterocycles. The van der Waals surface area contributed by atoms with Gasteiger partial charge in [0.15, 0.2) is 0 Å². The van der Waals surface area contributed by atoms with Gasteiger partial charge in [-0.05, 0) is 82.3 Å². The van der Waals surface area contributed by atoms with E-state index >= 15 is 0 Å². The minimum absolute atomic E-state index is 0.151. The maximum Gasteiger partial charge on any atom is 0.252 e. The number of carbonyl (C=O) groups is 3. The van der Waals surface area contributed by atoms with Crippen LogP contribution in [0.15, 0.2) is 42.7 Å². The van der Waals surface area contributed by atoms with Crippen molar-refractivity contribution in [1.82, 2.24) is 25.8 Å². The zero-order valence-electron chi connectivity index (χ0n) is 20.9. The largest absolute Gasteiger partial charge is 0.356 e. The first-order valence-corrected chi connectivity index (χ1v) is 13.2. The molecule has 8 heteroatoms. The number of nitrogens with one attached hydrogen (secondary N) is 3. The third kappa shape index (κ3) is 7.62. The summed E-state index contributed by atoms with van der Waals surface area (Å²) >= 11 is 0. The van der Waals surface area contributed by atoms with E-state index in [0.717, 1.165) is 62.9 Å². The van der Waals surface area contributed by atoms with Gasteiger partial charge in [-0.2, -0.15) is 0 Å². The Morgan fingerprint density at radius 3 is 2.33 bits per heavy atom. The molecule has 1 aliphatic heterocycles. The summed E-state index contributed by atoms with van der Waals surface area (Å²) in [6.07, 6.45) is 10.3. The van der Waals surface area contributed by atoms with E-state index in [1.165, 1.54) is 12.8 Å². The van der Waals surface area contributed by atoms with Crippen LogP contribution in [0.5, 0.6) is 0 Å². The minimum Gasteiger partial charge on any atom is -0.356 e. The van der Waals surface area contributed by atoms with Gasteiger partial charge in [-0.1, -0.05) is 18.2 Å². The summed E-state index contributed by atoms with van der Waals surface area (Å²) < 4.78 is 0. The lowest BCUT2D eigenvalue weighted by Crippen LogP contribution is -2.28. The molecule has 1 aromatic carbocycles. The molecule has 4 rings (SSSR count). The number of carbonyl (C=O) groups excluding carboxylic acids is 3. The number of amides is 3. The molecule has 1 saturated carbocycles. The van der Waals surface area contributed by atoms with Gasteiger partial charge in [-0.25, -0.2) is 0 Å². The van der Waals surface area contributed by atoms with E-state index in [2.05, 4.69) is 25.8 Å². The number of unbranched alkanes of at least 4 members (excludes halogenated alkanes) is 1. The lowest BCUT2D eigenvalue weighted by molar-refractivity contribution is -0.122.